The van der Waals surface area contributed by atoms with Crippen LogP contribution < -0.4 is 19.6 Å². The van der Waals surface area contributed by atoms with E-state index in [2.05, 4.69) is 203 Å². The van der Waals surface area contributed by atoms with Gasteiger partial charge in [-0.05, 0) is 76.0 Å². The molecule has 0 atom stereocenters. The topological polar surface area (TPSA) is 71.6 Å². The van der Waals surface area contributed by atoms with E-state index in [9.17, 15) is 0 Å². The zero-order chi connectivity index (χ0) is 45.0. The van der Waals surface area contributed by atoms with Gasteiger partial charge >= 0.3 is 5.82 Å². The molecule has 322 valence electrons. The second-order valence-electron chi connectivity index (χ2n) is 17.2. The maximum Gasteiger partial charge on any atom is 0.334 e. The van der Waals surface area contributed by atoms with Crippen molar-refractivity contribution in [1.29, 1.82) is 0 Å². The number of benzene rings is 9. The van der Waals surface area contributed by atoms with E-state index < -0.39 is 0 Å². The summed E-state index contributed by atoms with van der Waals surface area (Å²) < 4.78 is 8.89. The number of para-hydroxylation sites is 2. The third kappa shape index (κ3) is 6.77. The largest absolute Gasteiger partial charge is 0.397 e. The van der Waals surface area contributed by atoms with Gasteiger partial charge in [-0.3, -0.25) is 9.78 Å². The summed E-state index contributed by atoms with van der Waals surface area (Å²) in [6.45, 7) is 1.21. The summed E-state index contributed by atoms with van der Waals surface area (Å²) in [5.41, 5.74) is 12.8. The summed E-state index contributed by atoms with van der Waals surface area (Å²) >= 11 is 0. The molecule has 4 heterocycles. The van der Waals surface area contributed by atoms with Crippen molar-refractivity contribution in [3.8, 4) is 56.9 Å². The molecular weight excluding hydrogens is 833 g/mol. The van der Waals surface area contributed by atoms with Crippen LogP contribution in [0.15, 0.2) is 231 Å². The summed E-state index contributed by atoms with van der Waals surface area (Å²) in [6.07, 6.45) is 0. The Kier molecular flexibility index (Phi) is 9.45. The lowest BCUT2D eigenvalue weighted by molar-refractivity contribution is -0.737. The molecule has 0 aliphatic heterocycles. The highest BCUT2D eigenvalue weighted by molar-refractivity contribution is 6.26. The van der Waals surface area contributed by atoms with E-state index in [0.29, 0.717) is 24.7 Å². The van der Waals surface area contributed by atoms with Crippen molar-refractivity contribution in [1.82, 2.24) is 29.3 Å². The van der Waals surface area contributed by atoms with Crippen molar-refractivity contribution in [3.63, 3.8) is 0 Å². The minimum Gasteiger partial charge on any atom is -0.397 e. The molecule has 0 unspecified atom stereocenters. The van der Waals surface area contributed by atoms with Gasteiger partial charge in [-0.2, -0.15) is 0 Å². The smallest absolute Gasteiger partial charge is 0.334 e. The molecular formula is C60H42N8. The Morgan fingerprint density at radius 2 is 0.824 bits per heavy atom. The van der Waals surface area contributed by atoms with Crippen LogP contribution in [0.1, 0.15) is 11.1 Å². The van der Waals surface area contributed by atoms with Gasteiger partial charge < -0.3 is 14.1 Å². The van der Waals surface area contributed by atoms with Crippen LogP contribution in [-0.2, 0) is 13.1 Å². The average Bonchev–Trinajstić information content (AvgIpc) is 4.19. The van der Waals surface area contributed by atoms with Gasteiger partial charge in [0.15, 0.2) is 0 Å². The Morgan fingerprint density at radius 3 is 1.47 bits per heavy atom. The standard InChI is InChI=1S/C60H42N8/c1-5-19-41(20-6-1)39-65-59(44-25-11-4-12-26-44)62-58(64-65)45-27-17-30-48(37-45)68-52-33-15-13-31-49(52)50-35-36-54-55(56(50)68)51-32-14-16-34-53(51)67(54)47-29-18-28-46(38-47)60-61-57(43-23-9-3-10-24-43)63-66(60)40-42-21-7-2-8-22-42/h1-38H,39-40H2. The minimum atomic E-state index is 0.596. The Balaban J connectivity index is 0.984. The maximum absolute atomic E-state index is 5.22. The fraction of sp³-hybridized carbons (Fsp3) is 0.0333. The Labute approximate surface area is 392 Å². The highest BCUT2D eigenvalue weighted by atomic mass is 15.4. The molecule has 68 heavy (non-hydrogen) atoms. The number of hydrogen-bond donors (Lipinski definition) is 0. The molecule has 0 aliphatic carbocycles. The molecule has 8 heteroatoms. The van der Waals surface area contributed by atoms with E-state index >= 15 is 0 Å². The summed E-state index contributed by atoms with van der Waals surface area (Å²) in [7, 11) is 0. The van der Waals surface area contributed by atoms with Gasteiger partial charge in [-0.25, -0.2) is 9.78 Å². The van der Waals surface area contributed by atoms with Gasteiger partial charge in [0.05, 0.1) is 27.6 Å². The SMILES string of the molecule is c1ccc(C[n+]2[n-]c(-c3cccc(-n4c5ccccc5c5ccc6c(c7ccccc7n6-c6cccc(-c7nc(-c8ccccc8)[n-][n+]7Cc7ccccc7)c6)c54)c3)nc2-c2ccccc2)cc1. The fourth-order valence-corrected chi connectivity index (χ4v) is 9.89. The highest BCUT2D eigenvalue weighted by Crippen LogP contribution is 2.42. The monoisotopic (exact) mass is 874 g/mol. The first-order valence-corrected chi connectivity index (χ1v) is 23.0. The van der Waals surface area contributed by atoms with Crippen molar-refractivity contribution in [2.24, 2.45) is 0 Å². The van der Waals surface area contributed by atoms with Crippen molar-refractivity contribution in [2.75, 3.05) is 0 Å². The highest BCUT2D eigenvalue weighted by Gasteiger charge is 2.24. The first-order chi connectivity index (χ1) is 33.7. The molecule has 13 aromatic rings. The van der Waals surface area contributed by atoms with Crippen molar-refractivity contribution in [3.05, 3.63) is 242 Å². The number of aromatic nitrogens is 8. The summed E-state index contributed by atoms with van der Waals surface area (Å²) in [5, 5.41) is 15.0. The molecule has 8 nitrogen and oxygen atoms in total. The van der Waals surface area contributed by atoms with Crippen molar-refractivity contribution < 1.29 is 9.36 Å². The van der Waals surface area contributed by atoms with Gasteiger partial charge in [0.25, 0.3) is 0 Å². The molecule has 4 aromatic heterocycles. The number of fused-ring (bicyclic) bond motifs is 7. The minimum absolute atomic E-state index is 0.596. The van der Waals surface area contributed by atoms with E-state index in [1.165, 1.54) is 27.1 Å². The summed E-state index contributed by atoms with van der Waals surface area (Å²) in [4.78, 5) is 10.4. The molecule has 0 saturated carbocycles. The van der Waals surface area contributed by atoms with Crippen LogP contribution in [0.25, 0.3) is 101 Å². The van der Waals surface area contributed by atoms with Crippen LogP contribution in [0.2, 0.25) is 0 Å². The number of hydrogen-bond acceptors (Lipinski definition) is 2. The lowest BCUT2D eigenvalue weighted by Gasteiger charge is -2.12. The zero-order valence-electron chi connectivity index (χ0n) is 36.9. The molecule has 0 fully saturated rings. The first-order valence-electron chi connectivity index (χ1n) is 23.0. The molecule has 0 amide bonds. The summed E-state index contributed by atoms with van der Waals surface area (Å²) in [6, 6.07) is 80.9. The molecule has 0 spiro atoms. The van der Waals surface area contributed by atoms with Gasteiger partial charge in [-0.15, -0.1) is 0 Å². The second-order valence-corrected chi connectivity index (χ2v) is 17.2. The van der Waals surface area contributed by atoms with E-state index in [1.807, 2.05) is 45.8 Å². The quantitative estimate of drug-likeness (QED) is 0.128. The van der Waals surface area contributed by atoms with Crippen LogP contribution in [0.3, 0.4) is 0 Å². The van der Waals surface area contributed by atoms with Crippen molar-refractivity contribution in [2.45, 2.75) is 13.1 Å². The van der Waals surface area contributed by atoms with Gasteiger partial charge in [0.1, 0.15) is 18.9 Å². The van der Waals surface area contributed by atoms with Crippen LogP contribution in [0.4, 0.5) is 0 Å². The number of rotatable bonds is 10. The van der Waals surface area contributed by atoms with E-state index in [0.717, 1.165) is 72.9 Å². The Hall–Kier alpha value is -9.14. The van der Waals surface area contributed by atoms with Gasteiger partial charge in [0, 0.05) is 44.0 Å². The Bertz CT molecular complexity index is 3960. The van der Waals surface area contributed by atoms with E-state index in [4.69, 9.17) is 20.2 Å². The first kappa shape index (κ1) is 39.2. The van der Waals surface area contributed by atoms with Gasteiger partial charge in [-0.1, -0.05) is 182 Å². The number of nitrogens with zero attached hydrogens (tertiary/aromatic N) is 8. The third-order valence-electron chi connectivity index (χ3n) is 13.0. The molecule has 13 rings (SSSR count). The zero-order valence-corrected chi connectivity index (χ0v) is 36.9. The average molecular weight is 875 g/mol. The molecule has 0 bridgehead atoms. The lowest BCUT2D eigenvalue weighted by atomic mass is 10.1. The lowest BCUT2D eigenvalue weighted by Crippen LogP contribution is -2.40. The van der Waals surface area contributed by atoms with Gasteiger partial charge in [0.2, 0.25) is 5.82 Å². The third-order valence-corrected chi connectivity index (χ3v) is 13.0. The molecule has 0 aliphatic rings. The van der Waals surface area contributed by atoms with E-state index in [-0.39, 0.29) is 0 Å². The van der Waals surface area contributed by atoms with E-state index in [1.54, 1.807) is 0 Å². The molecule has 9 aromatic carbocycles. The second kappa shape index (κ2) is 16.4. The normalized spacial score (nSPS) is 11.6. The Morgan fingerprint density at radius 1 is 0.353 bits per heavy atom. The van der Waals surface area contributed by atoms with Crippen molar-refractivity contribution >= 4 is 43.6 Å². The van der Waals surface area contributed by atoms with Crippen LogP contribution in [0, 0.1) is 0 Å². The van der Waals surface area contributed by atoms with Crippen LogP contribution in [-0.4, -0.2) is 19.1 Å². The molecule has 0 saturated heterocycles. The van der Waals surface area contributed by atoms with Crippen LogP contribution >= 0.6 is 0 Å². The predicted molar refractivity (Wildman–Crippen MR) is 271 cm³/mol. The molecule has 0 radical (unpaired) electrons. The predicted octanol–water partition coefficient (Wildman–Crippen LogP) is 11.9. The van der Waals surface area contributed by atoms with Crippen LogP contribution in [0.5, 0.6) is 0 Å². The summed E-state index contributed by atoms with van der Waals surface area (Å²) in [5.74, 6) is 3.02. The fourth-order valence-electron chi connectivity index (χ4n) is 9.89. The molecule has 0 N–H and O–H groups in total. The maximum atomic E-state index is 5.22.